The minimum Gasteiger partial charge on any atom is -0.315 e. The van der Waals surface area contributed by atoms with Crippen LogP contribution in [0.15, 0.2) is 0 Å². The molecule has 0 radical (unpaired) electrons. The summed E-state index contributed by atoms with van der Waals surface area (Å²) in [6, 6.07) is 0. The lowest BCUT2D eigenvalue weighted by Crippen LogP contribution is -2.46. The third-order valence-corrected chi connectivity index (χ3v) is 3.67. The molecule has 0 rings (SSSR count). The molecule has 0 aromatic carbocycles. The van der Waals surface area contributed by atoms with Gasteiger partial charge in [0.05, 0.1) is 5.75 Å². The van der Waals surface area contributed by atoms with Gasteiger partial charge in [0.15, 0.2) is 0 Å². The Balaban J connectivity index is 3.64. The molecule has 0 aliphatic heterocycles. The van der Waals surface area contributed by atoms with E-state index in [1.165, 1.54) is 6.26 Å². The van der Waals surface area contributed by atoms with Gasteiger partial charge in [0, 0.05) is 18.3 Å². The van der Waals surface area contributed by atoms with E-state index >= 15 is 0 Å². The van der Waals surface area contributed by atoms with Crippen LogP contribution in [0.5, 0.6) is 0 Å². The number of hydrogen-bond donors (Lipinski definition) is 1. The molecule has 1 N–H and O–H groups in total. The highest BCUT2D eigenvalue weighted by Crippen LogP contribution is 2.07. The molecule has 15 heavy (non-hydrogen) atoms. The van der Waals surface area contributed by atoms with Crippen LogP contribution in [0.1, 0.15) is 20.3 Å². The molecule has 0 fully saturated rings. The van der Waals surface area contributed by atoms with Crippen molar-refractivity contribution in [1.29, 1.82) is 0 Å². The Kier molecular flexibility index (Phi) is 5.77. The molecule has 0 atom stereocenters. The maximum absolute atomic E-state index is 10.9. The van der Waals surface area contributed by atoms with Crippen molar-refractivity contribution < 1.29 is 8.42 Å². The van der Waals surface area contributed by atoms with Gasteiger partial charge in [-0.2, -0.15) is 0 Å². The summed E-state index contributed by atoms with van der Waals surface area (Å²) in [7, 11) is 1.27. The van der Waals surface area contributed by atoms with Crippen LogP contribution >= 0.6 is 0 Å². The molecule has 0 spiro atoms. The molecule has 0 bridgehead atoms. The van der Waals surface area contributed by atoms with Gasteiger partial charge in [0.25, 0.3) is 0 Å². The topological polar surface area (TPSA) is 49.4 Å². The van der Waals surface area contributed by atoms with Crippen molar-refractivity contribution in [2.75, 3.05) is 39.2 Å². The summed E-state index contributed by atoms with van der Waals surface area (Å²) in [5.41, 5.74) is 0.102. The van der Waals surface area contributed by atoms with E-state index in [0.717, 1.165) is 13.1 Å². The van der Waals surface area contributed by atoms with Gasteiger partial charge < -0.3 is 10.2 Å². The fraction of sp³-hybridized carbons (Fsp3) is 1.00. The summed E-state index contributed by atoms with van der Waals surface area (Å²) in [4.78, 5) is 2.15. The molecule has 0 aliphatic carbocycles. The summed E-state index contributed by atoms with van der Waals surface area (Å²) < 4.78 is 21.7. The van der Waals surface area contributed by atoms with E-state index in [1.54, 1.807) is 0 Å². The molecule has 92 valence electrons. The first kappa shape index (κ1) is 14.9. The Hall–Kier alpha value is -0.130. The first-order chi connectivity index (χ1) is 6.65. The average molecular weight is 236 g/mol. The second-order valence-electron chi connectivity index (χ2n) is 4.87. The molecule has 0 saturated carbocycles. The Morgan fingerprint density at radius 1 is 1.27 bits per heavy atom. The van der Waals surface area contributed by atoms with Crippen LogP contribution in [0.4, 0.5) is 0 Å². The average Bonchev–Trinajstić information content (AvgIpc) is 2.00. The summed E-state index contributed by atoms with van der Waals surface area (Å²) in [6.45, 7) is 5.92. The van der Waals surface area contributed by atoms with Gasteiger partial charge in [0.1, 0.15) is 9.84 Å². The summed E-state index contributed by atoms with van der Waals surface area (Å²) in [5, 5.41) is 3.27. The van der Waals surface area contributed by atoms with Crippen molar-refractivity contribution in [3.63, 3.8) is 0 Å². The number of rotatable bonds is 7. The van der Waals surface area contributed by atoms with Crippen molar-refractivity contribution in [1.82, 2.24) is 10.2 Å². The van der Waals surface area contributed by atoms with Crippen molar-refractivity contribution in [3.8, 4) is 0 Å². The lowest BCUT2D eigenvalue weighted by molar-refractivity contribution is 0.190. The van der Waals surface area contributed by atoms with E-state index in [1.807, 2.05) is 14.1 Å². The molecule has 4 nitrogen and oxygen atoms in total. The fourth-order valence-corrected chi connectivity index (χ4v) is 1.68. The van der Waals surface area contributed by atoms with Crippen molar-refractivity contribution in [2.45, 2.75) is 25.8 Å². The molecule has 5 heteroatoms. The molecule has 0 aromatic heterocycles. The van der Waals surface area contributed by atoms with Crippen LogP contribution in [0.25, 0.3) is 0 Å². The normalized spacial score (nSPS) is 13.5. The van der Waals surface area contributed by atoms with Crippen molar-refractivity contribution in [3.05, 3.63) is 0 Å². The van der Waals surface area contributed by atoms with Gasteiger partial charge >= 0.3 is 0 Å². The number of nitrogens with zero attached hydrogens (tertiary/aromatic N) is 1. The van der Waals surface area contributed by atoms with Crippen LogP contribution in [0, 0.1) is 0 Å². The fourth-order valence-electron chi connectivity index (χ4n) is 1.01. The van der Waals surface area contributed by atoms with Gasteiger partial charge in [-0.15, -0.1) is 0 Å². The molecule has 0 aliphatic rings. The van der Waals surface area contributed by atoms with Crippen molar-refractivity contribution in [2.24, 2.45) is 0 Å². The molecule has 0 amide bonds. The summed E-state index contributed by atoms with van der Waals surface area (Å²) >= 11 is 0. The van der Waals surface area contributed by atoms with Crippen LogP contribution in [-0.2, 0) is 9.84 Å². The number of likely N-dealkylation sites (N-methyl/N-ethyl adjacent to an activating group) is 1. The minimum absolute atomic E-state index is 0.102. The molecular formula is C10H24N2O2S. The highest BCUT2D eigenvalue weighted by Gasteiger charge is 2.19. The second-order valence-corrected chi connectivity index (χ2v) is 7.13. The van der Waals surface area contributed by atoms with E-state index in [-0.39, 0.29) is 11.3 Å². The van der Waals surface area contributed by atoms with Gasteiger partial charge in [-0.1, -0.05) is 0 Å². The van der Waals surface area contributed by atoms with Gasteiger partial charge in [0.2, 0.25) is 0 Å². The maximum atomic E-state index is 10.9. The lowest BCUT2D eigenvalue weighted by atomic mass is 10.0. The van der Waals surface area contributed by atoms with Gasteiger partial charge in [-0.3, -0.25) is 0 Å². The van der Waals surface area contributed by atoms with Gasteiger partial charge in [-0.05, 0) is 40.9 Å². The highest BCUT2D eigenvalue weighted by molar-refractivity contribution is 7.90. The van der Waals surface area contributed by atoms with Crippen LogP contribution in [-0.4, -0.2) is 58.1 Å². The lowest BCUT2D eigenvalue weighted by Gasteiger charge is -2.32. The van der Waals surface area contributed by atoms with E-state index in [9.17, 15) is 8.42 Å². The predicted octanol–water partition coefficient (Wildman–Crippen LogP) is 0.351. The zero-order chi connectivity index (χ0) is 12.1. The Morgan fingerprint density at radius 3 is 2.20 bits per heavy atom. The molecule has 0 aromatic rings. The molecule has 0 saturated heterocycles. The van der Waals surface area contributed by atoms with Crippen LogP contribution in [0.2, 0.25) is 0 Å². The number of nitrogens with one attached hydrogen (secondary N) is 1. The van der Waals surface area contributed by atoms with Crippen LogP contribution in [0.3, 0.4) is 0 Å². The number of sulfone groups is 1. The SMILES string of the molecule is CN(C)C(C)(C)CNCCCS(C)(=O)=O. The largest absolute Gasteiger partial charge is 0.315 e. The third-order valence-electron chi connectivity index (χ3n) is 2.64. The highest BCUT2D eigenvalue weighted by atomic mass is 32.2. The minimum atomic E-state index is -2.81. The van der Waals surface area contributed by atoms with Crippen LogP contribution < -0.4 is 5.32 Å². The van der Waals surface area contributed by atoms with E-state index in [4.69, 9.17) is 0 Å². The first-order valence-corrected chi connectivity index (χ1v) is 7.27. The van der Waals surface area contributed by atoms with E-state index in [0.29, 0.717) is 6.42 Å². The second kappa shape index (κ2) is 5.82. The monoisotopic (exact) mass is 236 g/mol. The smallest absolute Gasteiger partial charge is 0.147 e. The third kappa shape index (κ3) is 7.76. The van der Waals surface area contributed by atoms with E-state index in [2.05, 4.69) is 24.1 Å². The Morgan fingerprint density at radius 2 is 1.80 bits per heavy atom. The molecule has 0 heterocycles. The quantitative estimate of drug-likeness (QED) is 0.648. The zero-order valence-electron chi connectivity index (χ0n) is 10.5. The molecule has 0 unspecified atom stereocenters. The zero-order valence-corrected chi connectivity index (χ0v) is 11.3. The van der Waals surface area contributed by atoms with E-state index < -0.39 is 9.84 Å². The van der Waals surface area contributed by atoms with Gasteiger partial charge in [-0.25, -0.2) is 8.42 Å². The Bertz CT molecular complexity index is 271. The first-order valence-electron chi connectivity index (χ1n) is 5.21. The summed E-state index contributed by atoms with van der Waals surface area (Å²) in [5.74, 6) is 0.266. The Labute approximate surface area is 94.0 Å². The number of hydrogen-bond acceptors (Lipinski definition) is 4. The molecular weight excluding hydrogens is 212 g/mol. The predicted molar refractivity (Wildman–Crippen MR) is 65.0 cm³/mol. The standard InChI is InChI=1S/C10H24N2O2S/c1-10(2,12(3)4)9-11-7-6-8-15(5,13)14/h11H,6-9H2,1-5H3. The maximum Gasteiger partial charge on any atom is 0.147 e. The van der Waals surface area contributed by atoms with Crippen molar-refractivity contribution >= 4 is 9.84 Å². The summed E-state index contributed by atoms with van der Waals surface area (Å²) in [6.07, 6.45) is 1.96.